The summed E-state index contributed by atoms with van der Waals surface area (Å²) in [5.41, 5.74) is 2.27. The van der Waals surface area contributed by atoms with Crippen LogP contribution in [0.1, 0.15) is 25.0 Å². The summed E-state index contributed by atoms with van der Waals surface area (Å²) in [7, 11) is 3.58. The minimum atomic E-state index is 0. The first-order valence-electron chi connectivity index (χ1n) is 9.64. The Kier molecular flexibility index (Phi) is 11.3. The zero-order chi connectivity index (χ0) is 20.4. The lowest BCUT2D eigenvalue weighted by Crippen LogP contribution is -2.38. The van der Waals surface area contributed by atoms with Crippen LogP contribution in [0.5, 0.6) is 17.2 Å². The summed E-state index contributed by atoms with van der Waals surface area (Å²) in [4.78, 5) is 6.84. The number of rotatable bonds is 9. The number of hydrogen-bond acceptors (Lipinski definition) is 4. The third-order valence-electron chi connectivity index (χ3n) is 4.26. The highest BCUT2D eigenvalue weighted by molar-refractivity contribution is 14.0. The molecule has 2 aromatic carbocycles. The summed E-state index contributed by atoms with van der Waals surface area (Å²) in [6, 6.07) is 13.5. The molecule has 0 saturated heterocycles. The van der Waals surface area contributed by atoms with Crippen molar-refractivity contribution in [3.05, 3.63) is 53.6 Å². The van der Waals surface area contributed by atoms with E-state index in [4.69, 9.17) is 14.5 Å². The molecule has 0 aromatic heterocycles. The van der Waals surface area contributed by atoms with Crippen molar-refractivity contribution < 1.29 is 14.6 Å². The molecule has 2 N–H and O–H groups in total. The number of phenolic OH excluding ortho intramolecular Hbond substituents is 1. The monoisotopic (exact) mass is 513 g/mol. The van der Waals surface area contributed by atoms with Crippen LogP contribution < -0.4 is 14.8 Å². The van der Waals surface area contributed by atoms with E-state index in [9.17, 15) is 5.11 Å². The highest BCUT2D eigenvalue weighted by atomic mass is 127. The lowest BCUT2D eigenvalue weighted by molar-refractivity contribution is 0.340. The Balaban J connectivity index is 0.00000420. The molecule has 2 aromatic rings. The van der Waals surface area contributed by atoms with Gasteiger partial charge in [-0.05, 0) is 55.7 Å². The van der Waals surface area contributed by atoms with Gasteiger partial charge in [0.2, 0.25) is 0 Å². The predicted octanol–water partition coefficient (Wildman–Crippen LogP) is 4.06. The molecule has 0 atom stereocenters. The smallest absolute Gasteiger partial charge is 0.193 e. The molecular formula is C22H32IN3O3. The Morgan fingerprint density at radius 3 is 2.41 bits per heavy atom. The van der Waals surface area contributed by atoms with Crippen molar-refractivity contribution >= 4 is 29.9 Å². The van der Waals surface area contributed by atoms with Gasteiger partial charge in [-0.3, -0.25) is 4.99 Å². The summed E-state index contributed by atoms with van der Waals surface area (Å²) in [6.07, 6.45) is 0.766. The van der Waals surface area contributed by atoms with Gasteiger partial charge >= 0.3 is 0 Å². The minimum Gasteiger partial charge on any atom is -0.504 e. The molecule has 7 heteroatoms. The van der Waals surface area contributed by atoms with E-state index >= 15 is 0 Å². The quantitative estimate of drug-likeness (QED) is 0.301. The maximum atomic E-state index is 9.70. The number of nitrogens with one attached hydrogen (secondary N) is 1. The normalized spacial score (nSPS) is 10.8. The van der Waals surface area contributed by atoms with Crippen LogP contribution in [0.25, 0.3) is 0 Å². The highest BCUT2D eigenvalue weighted by Gasteiger charge is 2.07. The summed E-state index contributed by atoms with van der Waals surface area (Å²) in [5.74, 6) is 2.39. The standard InChI is InChI=1S/C22H31N3O3.HI/c1-5-23-22(24-14-13-17-9-12-20(26)21(15-17)27-4)25(3)16-18-7-10-19(11-8-18)28-6-2;/h7-12,15,26H,5-6,13-14,16H2,1-4H3,(H,23,24);1H. The van der Waals surface area contributed by atoms with E-state index in [1.54, 1.807) is 13.2 Å². The molecule has 0 aliphatic rings. The first-order chi connectivity index (χ1) is 13.6. The number of hydrogen-bond donors (Lipinski definition) is 2. The van der Waals surface area contributed by atoms with E-state index < -0.39 is 0 Å². The lowest BCUT2D eigenvalue weighted by atomic mass is 10.1. The van der Waals surface area contributed by atoms with Crippen molar-refractivity contribution in [3.63, 3.8) is 0 Å². The van der Waals surface area contributed by atoms with Gasteiger partial charge in [-0.15, -0.1) is 24.0 Å². The van der Waals surface area contributed by atoms with E-state index in [2.05, 4.69) is 29.3 Å². The van der Waals surface area contributed by atoms with Crippen molar-refractivity contribution in [2.24, 2.45) is 4.99 Å². The second-order valence-corrected chi connectivity index (χ2v) is 6.42. The molecule has 0 saturated carbocycles. The molecule has 0 fully saturated rings. The number of ether oxygens (including phenoxy) is 2. The summed E-state index contributed by atoms with van der Waals surface area (Å²) in [5, 5.41) is 13.0. The molecule has 0 aliphatic heterocycles. The van der Waals surface area contributed by atoms with Crippen LogP contribution in [0.15, 0.2) is 47.5 Å². The second-order valence-electron chi connectivity index (χ2n) is 6.42. The van der Waals surface area contributed by atoms with Crippen molar-refractivity contribution in [2.45, 2.75) is 26.8 Å². The minimum absolute atomic E-state index is 0. The SMILES string of the molecule is CCNC(=NCCc1ccc(O)c(OC)c1)N(C)Cc1ccc(OCC)cc1.I. The lowest BCUT2D eigenvalue weighted by Gasteiger charge is -2.22. The van der Waals surface area contributed by atoms with Gasteiger partial charge in [-0.1, -0.05) is 18.2 Å². The van der Waals surface area contributed by atoms with Crippen LogP contribution in [-0.4, -0.2) is 49.8 Å². The fourth-order valence-corrected chi connectivity index (χ4v) is 2.84. The van der Waals surface area contributed by atoms with Gasteiger partial charge in [-0.25, -0.2) is 0 Å². The fourth-order valence-electron chi connectivity index (χ4n) is 2.84. The number of benzene rings is 2. The van der Waals surface area contributed by atoms with E-state index in [0.29, 0.717) is 18.9 Å². The molecule has 0 unspecified atom stereocenters. The number of guanidine groups is 1. The van der Waals surface area contributed by atoms with Crippen LogP contribution in [0.2, 0.25) is 0 Å². The van der Waals surface area contributed by atoms with Crippen molar-refractivity contribution in [1.29, 1.82) is 0 Å². The van der Waals surface area contributed by atoms with E-state index in [1.807, 2.05) is 38.2 Å². The molecule has 0 spiro atoms. The molecule has 0 heterocycles. The maximum Gasteiger partial charge on any atom is 0.193 e. The molecule has 6 nitrogen and oxygen atoms in total. The van der Waals surface area contributed by atoms with Crippen LogP contribution in [-0.2, 0) is 13.0 Å². The zero-order valence-corrected chi connectivity index (χ0v) is 20.0. The van der Waals surface area contributed by atoms with E-state index in [1.165, 1.54) is 5.56 Å². The van der Waals surface area contributed by atoms with Crippen molar-refractivity contribution in [3.8, 4) is 17.2 Å². The fraction of sp³-hybridized carbons (Fsp3) is 0.409. The zero-order valence-electron chi connectivity index (χ0n) is 17.6. The molecule has 0 amide bonds. The maximum absolute atomic E-state index is 9.70. The molecule has 0 aliphatic carbocycles. The van der Waals surface area contributed by atoms with E-state index in [-0.39, 0.29) is 29.7 Å². The topological polar surface area (TPSA) is 66.3 Å². The second kappa shape index (κ2) is 13.1. The largest absolute Gasteiger partial charge is 0.504 e. The van der Waals surface area contributed by atoms with Crippen LogP contribution in [0.3, 0.4) is 0 Å². The Morgan fingerprint density at radius 1 is 1.10 bits per heavy atom. The van der Waals surface area contributed by atoms with Gasteiger partial charge in [0.25, 0.3) is 0 Å². The number of methoxy groups -OCH3 is 1. The highest BCUT2D eigenvalue weighted by Crippen LogP contribution is 2.26. The average molecular weight is 513 g/mol. The van der Waals surface area contributed by atoms with Gasteiger partial charge < -0.3 is 24.8 Å². The first kappa shape index (κ1) is 24.9. The predicted molar refractivity (Wildman–Crippen MR) is 129 cm³/mol. The molecule has 2 rings (SSSR count). The summed E-state index contributed by atoms with van der Waals surface area (Å²) in [6.45, 7) is 6.91. The number of nitrogens with zero attached hydrogens (tertiary/aromatic N) is 2. The van der Waals surface area contributed by atoms with Gasteiger partial charge in [0.05, 0.1) is 13.7 Å². The molecule has 0 radical (unpaired) electrons. The van der Waals surface area contributed by atoms with Gasteiger partial charge in [0.1, 0.15) is 5.75 Å². The van der Waals surface area contributed by atoms with Crippen molar-refractivity contribution in [1.82, 2.24) is 10.2 Å². The Bertz CT molecular complexity index is 766. The Hall–Kier alpha value is -2.16. The Labute approximate surface area is 191 Å². The van der Waals surface area contributed by atoms with Crippen LogP contribution in [0.4, 0.5) is 0 Å². The number of phenols is 1. The average Bonchev–Trinajstić information content (AvgIpc) is 2.70. The molecule has 0 bridgehead atoms. The number of halogens is 1. The number of aliphatic imine (C=N–C) groups is 1. The van der Waals surface area contributed by atoms with Crippen LogP contribution in [0, 0.1) is 0 Å². The molecule has 29 heavy (non-hydrogen) atoms. The van der Waals surface area contributed by atoms with Crippen molar-refractivity contribution in [2.75, 3.05) is 33.9 Å². The van der Waals surface area contributed by atoms with Gasteiger partial charge in [0.15, 0.2) is 17.5 Å². The van der Waals surface area contributed by atoms with Gasteiger partial charge in [-0.2, -0.15) is 0 Å². The Morgan fingerprint density at radius 2 is 1.79 bits per heavy atom. The third kappa shape index (κ3) is 8.00. The number of aromatic hydroxyl groups is 1. The summed E-state index contributed by atoms with van der Waals surface area (Å²) < 4.78 is 10.7. The van der Waals surface area contributed by atoms with E-state index in [0.717, 1.165) is 36.8 Å². The van der Waals surface area contributed by atoms with Crippen LogP contribution >= 0.6 is 24.0 Å². The van der Waals surface area contributed by atoms with Gasteiger partial charge in [0, 0.05) is 26.7 Å². The first-order valence-corrected chi connectivity index (χ1v) is 9.64. The summed E-state index contributed by atoms with van der Waals surface area (Å²) >= 11 is 0. The molecular weight excluding hydrogens is 481 g/mol. The molecule has 160 valence electrons. The third-order valence-corrected chi connectivity index (χ3v) is 4.26.